The van der Waals surface area contributed by atoms with Crippen molar-refractivity contribution in [2.24, 2.45) is 5.41 Å². The van der Waals surface area contributed by atoms with Gasteiger partial charge in [0.15, 0.2) is 0 Å². The maximum Gasteiger partial charge on any atom is 0.250 e. The van der Waals surface area contributed by atoms with E-state index < -0.39 is 10.0 Å². The molecule has 5 nitrogen and oxygen atoms in total. The monoisotopic (exact) mass is 352 g/mol. The van der Waals surface area contributed by atoms with E-state index in [0.717, 1.165) is 42.8 Å². The number of nitrogens with one attached hydrogen (secondary N) is 2. The molecule has 1 aromatic heterocycles. The van der Waals surface area contributed by atoms with Crippen LogP contribution in [0.4, 0.5) is 0 Å². The van der Waals surface area contributed by atoms with Crippen molar-refractivity contribution in [1.29, 1.82) is 0 Å². The molecular weight excluding hydrogens is 332 g/mol. The quantitative estimate of drug-likeness (QED) is 0.821. The molecular formula is C13H21ClN2O3S2. The first-order valence-electron chi connectivity index (χ1n) is 6.84. The molecule has 2 heterocycles. The molecule has 0 unspecified atom stereocenters. The van der Waals surface area contributed by atoms with Crippen LogP contribution in [-0.2, 0) is 14.8 Å². The number of rotatable bonds is 6. The Kier molecular flexibility index (Phi) is 5.67. The summed E-state index contributed by atoms with van der Waals surface area (Å²) in [5, 5.41) is 3.29. The van der Waals surface area contributed by atoms with Crippen LogP contribution in [0.3, 0.4) is 0 Å². The lowest BCUT2D eigenvalue weighted by atomic mass is 9.80. The van der Waals surface area contributed by atoms with E-state index in [1.807, 2.05) is 0 Å². The second-order valence-corrected chi connectivity index (χ2v) is 9.18. The molecule has 0 aliphatic carbocycles. The summed E-state index contributed by atoms with van der Waals surface area (Å²) in [6, 6.07) is 1.61. The van der Waals surface area contributed by atoms with Gasteiger partial charge in [0.25, 0.3) is 0 Å². The van der Waals surface area contributed by atoms with Crippen LogP contribution in [0, 0.1) is 12.3 Å². The number of methoxy groups -OCH3 is 1. The highest BCUT2D eigenvalue weighted by atomic mass is 35.5. The van der Waals surface area contributed by atoms with Crippen molar-refractivity contribution in [3.05, 3.63) is 16.0 Å². The summed E-state index contributed by atoms with van der Waals surface area (Å²) in [5.74, 6) is 0. The van der Waals surface area contributed by atoms with E-state index in [9.17, 15) is 8.42 Å². The Morgan fingerprint density at radius 2 is 2.14 bits per heavy atom. The van der Waals surface area contributed by atoms with Gasteiger partial charge < -0.3 is 10.1 Å². The van der Waals surface area contributed by atoms with E-state index in [1.165, 1.54) is 0 Å². The lowest BCUT2D eigenvalue weighted by Crippen LogP contribution is -2.47. The van der Waals surface area contributed by atoms with Crippen molar-refractivity contribution >= 4 is 33.0 Å². The van der Waals surface area contributed by atoms with Crippen LogP contribution in [-0.4, -0.2) is 41.8 Å². The first kappa shape index (κ1) is 17.2. The number of aryl methyl sites for hydroxylation is 1. The normalized spacial score (nSPS) is 18.8. The van der Waals surface area contributed by atoms with Gasteiger partial charge in [-0.1, -0.05) is 11.6 Å². The predicted octanol–water partition coefficient (Wildman–Crippen LogP) is 2.00. The largest absolute Gasteiger partial charge is 0.384 e. The summed E-state index contributed by atoms with van der Waals surface area (Å²) in [5.41, 5.74) is 0.652. The second-order valence-electron chi connectivity index (χ2n) is 5.53. The molecule has 0 saturated carbocycles. The fourth-order valence-electron chi connectivity index (χ4n) is 2.52. The highest BCUT2D eigenvalue weighted by Gasteiger charge is 2.34. The van der Waals surface area contributed by atoms with Gasteiger partial charge in [-0.2, -0.15) is 0 Å². The van der Waals surface area contributed by atoms with Gasteiger partial charge in [0.2, 0.25) is 10.0 Å². The van der Waals surface area contributed by atoms with Crippen LogP contribution >= 0.6 is 22.9 Å². The molecule has 21 heavy (non-hydrogen) atoms. The van der Waals surface area contributed by atoms with Crippen molar-refractivity contribution in [3.8, 4) is 0 Å². The van der Waals surface area contributed by atoms with Crippen LogP contribution in [0.2, 0.25) is 4.34 Å². The highest BCUT2D eigenvalue weighted by Crippen LogP contribution is 2.32. The van der Waals surface area contributed by atoms with E-state index in [1.54, 1.807) is 20.1 Å². The van der Waals surface area contributed by atoms with E-state index in [-0.39, 0.29) is 9.62 Å². The molecule has 2 N–H and O–H groups in total. The van der Waals surface area contributed by atoms with Crippen LogP contribution in [0.1, 0.15) is 18.4 Å². The number of sulfonamides is 1. The van der Waals surface area contributed by atoms with Gasteiger partial charge in [0, 0.05) is 19.1 Å². The van der Waals surface area contributed by atoms with Gasteiger partial charge in [0.1, 0.15) is 4.21 Å². The van der Waals surface area contributed by atoms with Gasteiger partial charge in [-0.15, -0.1) is 11.3 Å². The zero-order valence-electron chi connectivity index (χ0n) is 12.2. The molecule has 0 radical (unpaired) electrons. The molecule has 2 rings (SSSR count). The van der Waals surface area contributed by atoms with Gasteiger partial charge in [-0.25, -0.2) is 13.1 Å². The van der Waals surface area contributed by atoms with Crippen LogP contribution < -0.4 is 10.0 Å². The topological polar surface area (TPSA) is 67.4 Å². The zero-order valence-corrected chi connectivity index (χ0v) is 14.6. The lowest BCUT2D eigenvalue weighted by Gasteiger charge is -2.37. The standard InChI is InChI=1S/C13H21ClN2O3S2/c1-10-7-11(20-12(10)14)21(17,18)16-8-13(9-19-2)3-5-15-6-4-13/h7,15-16H,3-6,8-9H2,1-2H3. The van der Waals surface area contributed by atoms with E-state index in [2.05, 4.69) is 10.0 Å². The third-order valence-electron chi connectivity index (χ3n) is 3.85. The van der Waals surface area contributed by atoms with Gasteiger partial charge >= 0.3 is 0 Å². The predicted molar refractivity (Wildman–Crippen MR) is 85.7 cm³/mol. The number of piperidine rings is 1. The average Bonchev–Trinajstić information content (AvgIpc) is 2.79. The number of halogens is 1. The molecule has 1 saturated heterocycles. The first-order valence-corrected chi connectivity index (χ1v) is 9.52. The SMILES string of the molecule is COCC1(CNS(=O)(=O)c2cc(C)c(Cl)s2)CCNCC1. The minimum atomic E-state index is -3.51. The fraction of sp³-hybridized carbons (Fsp3) is 0.692. The van der Waals surface area contributed by atoms with E-state index in [0.29, 0.717) is 17.5 Å². The molecule has 0 aromatic carbocycles. The average molecular weight is 353 g/mol. The summed E-state index contributed by atoms with van der Waals surface area (Å²) in [7, 11) is -1.86. The molecule has 0 atom stereocenters. The zero-order chi connectivity index (χ0) is 15.5. The summed E-state index contributed by atoms with van der Waals surface area (Å²) in [6.07, 6.45) is 1.79. The van der Waals surface area contributed by atoms with Crippen LogP contribution in [0.25, 0.3) is 0 Å². The van der Waals surface area contributed by atoms with Crippen molar-refractivity contribution < 1.29 is 13.2 Å². The Hall–Kier alpha value is -0.180. The Balaban J connectivity index is 2.09. The molecule has 1 fully saturated rings. The Morgan fingerprint density at radius 3 is 2.67 bits per heavy atom. The molecule has 1 aromatic rings. The summed E-state index contributed by atoms with van der Waals surface area (Å²) in [6.45, 7) is 4.52. The van der Waals surface area contributed by atoms with Crippen LogP contribution in [0.5, 0.6) is 0 Å². The first-order chi connectivity index (χ1) is 9.88. The molecule has 0 bridgehead atoms. The van der Waals surface area contributed by atoms with Gasteiger partial charge in [-0.3, -0.25) is 0 Å². The molecule has 1 aliphatic rings. The number of hydrogen-bond acceptors (Lipinski definition) is 5. The summed E-state index contributed by atoms with van der Waals surface area (Å²) in [4.78, 5) is 0. The maximum absolute atomic E-state index is 12.4. The maximum atomic E-state index is 12.4. The second kappa shape index (κ2) is 6.93. The summed E-state index contributed by atoms with van der Waals surface area (Å²) >= 11 is 7.05. The van der Waals surface area contributed by atoms with Crippen LogP contribution in [0.15, 0.2) is 10.3 Å². The van der Waals surface area contributed by atoms with Crippen molar-refractivity contribution in [3.63, 3.8) is 0 Å². The minimum Gasteiger partial charge on any atom is -0.384 e. The lowest BCUT2D eigenvalue weighted by molar-refractivity contribution is 0.0577. The van der Waals surface area contributed by atoms with E-state index >= 15 is 0 Å². The Bertz CT molecular complexity index is 555. The highest BCUT2D eigenvalue weighted by molar-refractivity contribution is 7.91. The number of ether oxygens (including phenoxy) is 1. The molecule has 0 amide bonds. The third kappa shape index (κ3) is 4.18. The molecule has 0 spiro atoms. The third-order valence-corrected chi connectivity index (χ3v) is 7.28. The summed E-state index contributed by atoms with van der Waals surface area (Å²) < 4.78 is 33.6. The molecule has 8 heteroatoms. The smallest absolute Gasteiger partial charge is 0.250 e. The molecule has 1 aliphatic heterocycles. The fourth-order valence-corrected chi connectivity index (χ4v) is 5.43. The van der Waals surface area contributed by atoms with E-state index in [4.69, 9.17) is 16.3 Å². The Morgan fingerprint density at radius 1 is 1.48 bits per heavy atom. The van der Waals surface area contributed by atoms with Gasteiger partial charge in [0.05, 0.1) is 10.9 Å². The number of thiophene rings is 1. The van der Waals surface area contributed by atoms with Gasteiger partial charge in [-0.05, 0) is 44.5 Å². The Labute approximate surface area is 135 Å². The minimum absolute atomic E-state index is 0.136. The van der Waals surface area contributed by atoms with Crippen molar-refractivity contribution in [1.82, 2.24) is 10.0 Å². The van der Waals surface area contributed by atoms with Crippen molar-refractivity contribution in [2.45, 2.75) is 24.0 Å². The number of hydrogen-bond donors (Lipinski definition) is 2. The molecule has 120 valence electrons. The van der Waals surface area contributed by atoms with Crippen molar-refractivity contribution in [2.75, 3.05) is 33.4 Å².